The van der Waals surface area contributed by atoms with Gasteiger partial charge in [0.1, 0.15) is 0 Å². The first kappa shape index (κ1) is 17.3. The summed E-state index contributed by atoms with van der Waals surface area (Å²) in [7, 11) is 0. The Labute approximate surface area is 165 Å². The zero-order valence-electron chi connectivity index (χ0n) is 14.6. The molecule has 2 heterocycles. The molecule has 1 N–H and O–H groups in total. The zero-order valence-corrected chi connectivity index (χ0v) is 16.2. The van der Waals surface area contributed by atoms with E-state index < -0.39 is 0 Å². The van der Waals surface area contributed by atoms with Crippen LogP contribution in [0.1, 0.15) is 12.5 Å². The van der Waals surface area contributed by atoms with E-state index in [4.69, 9.17) is 0 Å². The number of hydrazone groups is 1. The maximum atomic E-state index is 4.67. The summed E-state index contributed by atoms with van der Waals surface area (Å²) in [6, 6.07) is 19.7. The fourth-order valence-corrected chi connectivity index (χ4v) is 2.94. The van der Waals surface area contributed by atoms with Crippen molar-refractivity contribution in [3.8, 4) is 11.4 Å². The second kappa shape index (κ2) is 7.63. The smallest absolute Gasteiger partial charge is 0.163 e. The van der Waals surface area contributed by atoms with Gasteiger partial charge in [0, 0.05) is 27.8 Å². The summed E-state index contributed by atoms with van der Waals surface area (Å²) in [5.74, 6) is 1.27. The fourth-order valence-electron chi connectivity index (χ4n) is 2.68. The van der Waals surface area contributed by atoms with Crippen LogP contribution in [0.2, 0.25) is 0 Å². The number of pyridine rings is 1. The van der Waals surface area contributed by atoms with E-state index in [9.17, 15) is 0 Å². The Morgan fingerprint density at radius 2 is 1.78 bits per heavy atom. The lowest BCUT2D eigenvalue weighted by Crippen LogP contribution is -2.03. The molecule has 0 aliphatic rings. The second-order valence-electron chi connectivity index (χ2n) is 5.97. The number of fused-ring (bicyclic) bond motifs is 1. The van der Waals surface area contributed by atoms with Gasteiger partial charge in [-0.1, -0.05) is 40.2 Å². The van der Waals surface area contributed by atoms with Crippen LogP contribution in [-0.2, 0) is 0 Å². The molecule has 0 aliphatic heterocycles. The van der Waals surface area contributed by atoms with E-state index in [1.54, 1.807) is 12.4 Å². The lowest BCUT2D eigenvalue weighted by atomic mass is 10.1. The largest absolute Gasteiger partial charge is 0.264 e. The van der Waals surface area contributed by atoms with Gasteiger partial charge in [-0.15, -0.1) is 0 Å². The van der Waals surface area contributed by atoms with Crippen molar-refractivity contribution in [2.24, 2.45) is 5.10 Å². The SMILES string of the molecule is C/C(=N/Nc1nc(-c2cccnc2)nc2ccccc12)c1ccc(Br)cc1. The third kappa shape index (κ3) is 3.85. The van der Waals surface area contributed by atoms with Crippen LogP contribution in [0.15, 0.2) is 82.6 Å². The number of nitrogens with one attached hydrogen (secondary N) is 1. The van der Waals surface area contributed by atoms with Crippen molar-refractivity contribution in [3.63, 3.8) is 0 Å². The highest BCUT2D eigenvalue weighted by molar-refractivity contribution is 9.10. The molecule has 0 unspecified atom stereocenters. The third-order valence-electron chi connectivity index (χ3n) is 4.11. The van der Waals surface area contributed by atoms with Crippen LogP contribution in [0.4, 0.5) is 5.82 Å². The molecule has 5 nitrogen and oxygen atoms in total. The summed E-state index contributed by atoms with van der Waals surface area (Å²) in [6.07, 6.45) is 3.49. The van der Waals surface area contributed by atoms with Crippen LogP contribution in [0, 0.1) is 0 Å². The molecule has 132 valence electrons. The maximum absolute atomic E-state index is 4.67. The number of halogens is 1. The summed E-state index contributed by atoms with van der Waals surface area (Å²) < 4.78 is 1.04. The first-order valence-corrected chi connectivity index (χ1v) is 9.23. The molecule has 4 aromatic rings. The minimum absolute atomic E-state index is 0.612. The van der Waals surface area contributed by atoms with Crippen LogP contribution in [0.5, 0.6) is 0 Å². The summed E-state index contributed by atoms with van der Waals surface area (Å²) in [5, 5.41) is 5.44. The summed E-state index contributed by atoms with van der Waals surface area (Å²) in [6.45, 7) is 1.96. The number of nitrogens with zero attached hydrogens (tertiary/aromatic N) is 4. The number of para-hydroxylation sites is 1. The number of aromatic nitrogens is 3. The quantitative estimate of drug-likeness (QED) is 0.361. The second-order valence-corrected chi connectivity index (χ2v) is 6.89. The minimum Gasteiger partial charge on any atom is -0.264 e. The Hall–Kier alpha value is -3.12. The lowest BCUT2D eigenvalue weighted by Gasteiger charge is -2.09. The maximum Gasteiger partial charge on any atom is 0.163 e. The van der Waals surface area contributed by atoms with Gasteiger partial charge in [0.25, 0.3) is 0 Å². The van der Waals surface area contributed by atoms with Gasteiger partial charge >= 0.3 is 0 Å². The average Bonchev–Trinajstić information content (AvgIpc) is 2.72. The molecule has 2 aromatic carbocycles. The first-order valence-electron chi connectivity index (χ1n) is 8.44. The van der Waals surface area contributed by atoms with Gasteiger partial charge in [-0.3, -0.25) is 10.4 Å². The van der Waals surface area contributed by atoms with Crippen molar-refractivity contribution in [2.45, 2.75) is 6.92 Å². The minimum atomic E-state index is 0.612. The molecule has 0 radical (unpaired) electrons. The van der Waals surface area contributed by atoms with Crippen LogP contribution < -0.4 is 5.43 Å². The van der Waals surface area contributed by atoms with E-state index in [1.807, 2.05) is 67.6 Å². The van der Waals surface area contributed by atoms with Crippen LogP contribution in [0.3, 0.4) is 0 Å². The van der Waals surface area contributed by atoms with E-state index in [2.05, 4.69) is 41.4 Å². The molecule has 0 amide bonds. The number of hydrogen-bond acceptors (Lipinski definition) is 5. The van der Waals surface area contributed by atoms with Gasteiger partial charge in [0.15, 0.2) is 11.6 Å². The van der Waals surface area contributed by atoms with Crippen molar-refractivity contribution < 1.29 is 0 Å². The summed E-state index contributed by atoms with van der Waals surface area (Å²) >= 11 is 3.45. The van der Waals surface area contributed by atoms with Gasteiger partial charge in [-0.25, -0.2) is 9.97 Å². The van der Waals surface area contributed by atoms with Gasteiger partial charge in [-0.05, 0) is 48.9 Å². The van der Waals surface area contributed by atoms with Crippen molar-refractivity contribution in [2.75, 3.05) is 5.43 Å². The molecule has 0 spiro atoms. The Balaban J connectivity index is 1.74. The van der Waals surface area contributed by atoms with Crippen LogP contribution in [-0.4, -0.2) is 20.7 Å². The third-order valence-corrected chi connectivity index (χ3v) is 4.64. The Morgan fingerprint density at radius 3 is 2.56 bits per heavy atom. The van der Waals surface area contributed by atoms with Crippen LogP contribution >= 0.6 is 15.9 Å². The molecule has 4 rings (SSSR count). The van der Waals surface area contributed by atoms with E-state index in [1.165, 1.54) is 0 Å². The van der Waals surface area contributed by atoms with Crippen molar-refractivity contribution in [1.82, 2.24) is 15.0 Å². The molecule has 2 aromatic heterocycles. The lowest BCUT2D eigenvalue weighted by molar-refractivity contribution is 1.17. The number of benzene rings is 2. The topological polar surface area (TPSA) is 63.1 Å². The van der Waals surface area contributed by atoms with E-state index in [0.29, 0.717) is 11.6 Å². The molecule has 0 bridgehead atoms. The highest BCUT2D eigenvalue weighted by atomic mass is 79.9. The highest BCUT2D eigenvalue weighted by Crippen LogP contribution is 2.24. The van der Waals surface area contributed by atoms with Gasteiger partial charge in [-0.2, -0.15) is 5.10 Å². The molecule has 0 fully saturated rings. The molecule has 0 saturated heterocycles. The van der Waals surface area contributed by atoms with E-state index in [0.717, 1.165) is 32.2 Å². The van der Waals surface area contributed by atoms with Crippen molar-refractivity contribution in [3.05, 3.63) is 83.1 Å². The number of hydrogen-bond donors (Lipinski definition) is 1. The number of anilines is 1. The van der Waals surface area contributed by atoms with Gasteiger partial charge in [0.05, 0.1) is 11.2 Å². The molecule has 0 aliphatic carbocycles. The molecule has 27 heavy (non-hydrogen) atoms. The van der Waals surface area contributed by atoms with Gasteiger partial charge < -0.3 is 0 Å². The van der Waals surface area contributed by atoms with E-state index >= 15 is 0 Å². The first-order chi connectivity index (χ1) is 13.2. The van der Waals surface area contributed by atoms with Crippen molar-refractivity contribution in [1.29, 1.82) is 0 Å². The Bertz CT molecular complexity index is 1110. The Kier molecular flexibility index (Phi) is 4.89. The average molecular weight is 418 g/mol. The molecular weight excluding hydrogens is 402 g/mol. The van der Waals surface area contributed by atoms with Crippen molar-refractivity contribution >= 4 is 38.4 Å². The van der Waals surface area contributed by atoms with Gasteiger partial charge in [0.2, 0.25) is 0 Å². The number of rotatable bonds is 4. The monoisotopic (exact) mass is 417 g/mol. The summed E-state index contributed by atoms with van der Waals surface area (Å²) in [4.78, 5) is 13.5. The molecule has 0 atom stereocenters. The van der Waals surface area contributed by atoms with E-state index in [-0.39, 0.29) is 0 Å². The predicted molar refractivity (Wildman–Crippen MR) is 113 cm³/mol. The normalized spacial score (nSPS) is 11.6. The van der Waals surface area contributed by atoms with Crippen LogP contribution in [0.25, 0.3) is 22.3 Å². The molecular formula is C21H16BrN5. The standard InChI is InChI=1S/C21H16BrN5/c1-14(15-8-10-17(22)11-9-15)26-27-21-18-6-2-3-7-19(18)24-20(25-21)16-5-4-12-23-13-16/h2-13H,1H3,(H,24,25,27)/b26-14-. The fraction of sp³-hybridized carbons (Fsp3) is 0.0476. The zero-order chi connectivity index (χ0) is 18.6. The molecule has 0 saturated carbocycles. The molecule has 6 heteroatoms. The predicted octanol–water partition coefficient (Wildman–Crippen LogP) is 5.29. The Morgan fingerprint density at radius 1 is 0.963 bits per heavy atom. The summed E-state index contributed by atoms with van der Waals surface area (Å²) in [5.41, 5.74) is 6.74. The highest BCUT2D eigenvalue weighted by Gasteiger charge is 2.09.